The fourth-order valence-corrected chi connectivity index (χ4v) is 3.26. The van der Waals surface area contributed by atoms with Crippen LogP contribution in [0, 0.1) is 0 Å². The van der Waals surface area contributed by atoms with Crippen LogP contribution in [-0.2, 0) is 16.8 Å². The summed E-state index contributed by atoms with van der Waals surface area (Å²) < 4.78 is 0. The SMILES string of the molecule is CCCC(O)(C(=O)O)c1cccc2c1Cc1ccccc1-2. The van der Waals surface area contributed by atoms with Gasteiger partial charge in [0.15, 0.2) is 5.60 Å². The molecule has 2 aromatic rings. The van der Waals surface area contributed by atoms with Gasteiger partial charge in [0, 0.05) is 0 Å². The van der Waals surface area contributed by atoms with Crippen molar-refractivity contribution in [3.05, 3.63) is 59.2 Å². The van der Waals surface area contributed by atoms with Crippen molar-refractivity contribution >= 4 is 5.97 Å². The summed E-state index contributed by atoms with van der Waals surface area (Å²) in [6.45, 7) is 1.88. The largest absolute Gasteiger partial charge is 0.479 e. The number of carbonyl (C=O) groups is 1. The predicted molar refractivity (Wildman–Crippen MR) is 81.1 cm³/mol. The zero-order valence-electron chi connectivity index (χ0n) is 12.0. The van der Waals surface area contributed by atoms with Crippen LogP contribution in [0.2, 0.25) is 0 Å². The molecule has 1 aliphatic carbocycles. The third-order valence-electron chi connectivity index (χ3n) is 4.26. The van der Waals surface area contributed by atoms with E-state index in [1.165, 1.54) is 5.56 Å². The fourth-order valence-electron chi connectivity index (χ4n) is 3.26. The first-order valence-electron chi connectivity index (χ1n) is 7.24. The number of aliphatic carboxylic acids is 1. The molecule has 3 heteroatoms. The lowest BCUT2D eigenvalue weighted by Crippen LogP contribution is -2.36. The van der Waals surface area contributed by atoms with Crippen LogP contribution in [0.4, 0.5) is 0 Å². The molecule has 0 radical (unpaired) electrons. The van der Waals surface area contributed by atoms with Gasteiger partial charge in [-0.05, 0) is 40.7 Å². The summed E-state index contributed by atoms with van der Waals surface area (Å²) in [4.78, 5) is 11.6. The second-order valence-electron chi connectivity index (χ2n) is 5.58. The minimum absolute atomic E-state index is 0.217. The summed E-state index contributed by atoms with van der Waals surface area (Å²) in [5, 5.41) is 20.2. The molecule has 0 amide bonds. The van der Waals surface area contributed by atoms with E-state index in [4.69, 9.17) is 0 Å². The van der Waals surface area contributed by atoms with Crippen LogP contribution < -0.4 is 0 Å². The highest BCUT2D eigenvalue weighted by Gasteiger charge is 2.40. The van der Waals surface area contributed by atoms with Crippen molar-refractivity contribution in [3.63, 3.8) is 0 Å². The second-order valence-corrected chi connectivity index (χ2v) is 5.58. The van der Waals surface area contributed by atoms with E-state index in [9.17, 15) is 15.0 Å². The number of benzene rings is 2. The Balaban J connectivity index is 2.18. The molecule has 1 aliphatic rings. The molecule has 3 rings (SSSR count). The monoisotopic (exact) mass is 282 g/mol. The van der Waals surface area contributed by atoms with Gasteiger partial charge in [-0.15, -0.1) is 0 Å². The van der Waals surface area contributed by atoms with E-state index in [-0.39, 0.29) is 6.42 Å². The summed E-state index contributed by atoms with van der Waals surface area (Å²) in [6.07, 6.45) is 1.51. The highest BCUT2D eigenvalue weighted by Crippen LogP contribution is 2.42. The standard InChI is InChI=1S/C18H18O3/c1-2-10-18(21,17(19)20)16-9-5-8-14-13-7-4-3-6-12(13)11-15(14)16/h3-9,21H,2,10-11H2,1H3,(H,19,20). The number of fused-ring (bicyclic) bond motifs is 3. The van der Waals surface area contributed by atoms with Crippen LogP contribution in [0.1, 0.15) is 36.5 Å². The quantitative estimate of drug-likeness (QED) is 0.771. The minimum Gasteiger partial charge on any atom is -0.479 e. The minimum atomic E-state index is -1.80. The Bertz CT molecular complexity index is 705. The van der Waals surface area contributed by atoms with Gasteiger partial charge >= 0.3 is 5.97 Å². The van der Waals surface area contributed by atoms with Crippen molar-refractivity contribution in [2.24, 2.45) is 0 Å². The van der Waals surface area contributed by atoms with Gasteiger partial charge in [-0.25, -0.2) is 4.79 Å². The van der Waals surface area contributed by atoms with E-state index in [0.29, 0.717) is 18.4 Å². The topological polar surface area (TPSA) is 57.5 Å². The Morgan fingerprint density at radius 1 is 1.14 bits per heavy atom. The third kappa shape index (κ3) is 2.05. The molecule has 2 aromatic carbocycles. The lowest BCUT2D eigenvalue weighted by Gasteiger charge is -2.26. The van der Waals surface area contributed by atoms with E-state index in [2.05, 4.69) is 6.07 Å². The van der Waals surface area contributed by atoms with E-state index < -0.39 is 11.6 Å². The molecule has 1 atom stereocenters. The molecular formula is C18H18O3. The van der Waals surface area contributed by atoms with Crippen molar-refractivity contribution < 1.29 is 15.0 Å². The summed E-state index contributed by atoms with van der Waals surface area (Å²) in [6, 6.07) is 13.6. The molecule has 2 N–H and O–H groups in total. The lowest BCUT2D eigenvalue weighted by atomic mass is 9.84. The summed E-state index contributed by atoms with van der Waals surface area (Å²) in [7, 11) is 0. The van der Waals surface area contributed by atoms with Crippen LogP contribution in [0.5, 0.6) is 0 Å². The molecular weight excluding hydrogens is 264 g/mol. The zero-order valence-corrected chi connectivity index (χ0v) is 12.0. The van der Waals surface area contributed by atoms with Gasteiger partial charge in [0.05, 0.1) is 0 Å². The third-order valence-corrected chi connectivity index (χ3v) is 4.26. The lowest BCUT2D eigenvalue weighted by molar-refractivity contribution is -0.160. The van der Waals surface area contributed by atoms with Crippen molar-refractivity contribution in [2.75, 3.05) is 0 Å². The van der Waals surface area contributed by atoms with E-state index >= 15 is 0 Å². The second kappa shape index (κ2) is 5.01. The van der Waals surface area contributed by atoms with Gasteiger partial charge in [0.2, 0.25) is 0 Å². The average Bonchev–Trinajstić information content (AvgIpc) is 2.85. The summed E-state index contributed by atoms with van der Waals surface area (Å²) in [5.41, 5.74) is 3.03. The molecule has 1 unspecified atom stereocenters. The van der Waals surface area contributed by atoms with Gasteiger partial charge in [-0.1, -0.05) is 55.8 Å². The smallest absolute Gasteiger partial charge is 0.340 e. The predicted octanol–water partition coefficient (Wildman–Crippen LogP) is 3.33. The van der Waals surface area contributed by atoms with Crippen LogP contribution in [0.25, 0.3) is 11.1 Å². The first-order valence-corrected chi connectivity index (χ1v) is 7.24. The highest BCUT2D eigenvalue weighted by molar-refractivity contribution is 5.84. The number of rotatable bonds is 4. The van der Waals surface area contributed by atoms with Gasteiger partial charge in [0.1, 0.15) is 0 Å². The number of aliphatic hydroxyl groups is 1. The van der Waals surface area contributed by atoms with Crippen molar-refractivity contribution in [1.82, 2.24) is 0 Å². The molecule has 0 bridgehead atoms. The number of hydrogen-bond acceptors (Lipinski definition) is 2. The first kappa shape index (κ1) is 13.8. The number of carboxylic acids is 1. The van der Waals surface area contributed by atoms with Crippen LogP contribution in [0.15, 0.2) is 42.5 Å². The zero-order chi connectivity index (χ0) is 15.0. The van der Waals surface area contributed by atoms with Gasteiger partial charge in [-0.3, -0.25) is 0 Å². The first-order chi connectivity index (χ1) is 10.1. The summed E-state index contributed by atoms with van der Waals surface area (Å²) in [5.74, 6) is -1.17. The normalized spacial score (nSPS) is 15.1. The molecule has 108 valence electrons. The van der Waals surface area contributed by atoms with Crippen molar-refractivity contribution in [3.8, 4) is 11.1 Å². The van der Waals surface area contributed by atoms with Crippen LogP contribution in [0.3, 0.4) is 0 Å². The molecule has 0 aliphatic heterocycles. The molecule has 0 heterocycles. The van der Waals surface area contributed by atoms with Crippen molar-refractivity contribution in [1.29, 1.82) is 0 Å². The van der Waals surface area contributed by atoms with E-state index in [1.807, 2.05) is 37.3 Å². The van der Waals surface area contributed by atoms with Gasteiger partial charge in [0.25, 0.3) is 0 Å². The molecule has 0 saturated carbocycles. The maximum absolute atomic E-state index is 11.6. The van der Waals surface area contributed by atoms with Crippen LogP contribution >= 0.6 is 0 Å². The Kier molecular flexibility index (Phi) is 3.30. The van der Waals surface area contributed by atoms with Crippen LogP contribution in [-0.4, -0.2) is 16.2 Å². The summed E-state index contributed by atoms with van der Waals surface area (Å²) >= 11 is 0. The maximum atomic E-state index is 11.6. The molecule has 0 aromatic heterocycles. The molecule has 0 spiro atoms. The Morgan fingerprint density at radius 2 is 1.86 bits per heavy atom. The molecule has 3 nitrogen and oxygen atoms in total. The molecule has 0 saturated heterocycles. The van der Waals surface area contributed by atoms with E-state index in [0.717, 1.165) is 16.7 Å². The number of hydrogen-bond donors (Lipinski definition) is 2. The van der Waals surface area contributed by atoms with Crippen molar-refractivity contribution in [2.45, 2.75) is 31.8 Å². The van der Waals surface area contributed by atoms with Gasteiger partial charge < -0.3 is 10.2 Å². The maximum Gasteiger partial charge on any atom is 0.340 e. The average molecular weight is 282 g/mol. The fraction of sp³-hybridized carbons (Fsp3) is 0.278. The van der Waals surface area contributed by atoms with Gasteiger partial charge in [-0.2, -0.15) is 0 Å². The Hall–Kier alpha value is -2.13. The Morgan fingerprint density at radius 3 is 2.57 bits per heavy atom. The number of carboxylic acid groups (broad SMARTS) is 1. The van der Waals surface area contributed by atoms with E-state index in [1.54, 1.807) is 6.07 Å². The molecule has 21 heavy (non-hydrogen) atoms. The highest BCUT2D eigenvalue weighted by atomic mass is 16.4. The molecule has 0 fully saturated rings. The Labute approximate surface area is 123 Å².